The van der Waals surface area contributed by atoms with Gasteiger partial charge < -0.3 is 0 Å². The molecule has 4 N–H and O–H groups in total. The van der Waals surface area contributed by atoms with Crippen molar-refractivity contribution in [3.05, 3.63) is 71.8 Å². The average molecular weight is 298 g/mol. The van der Waals surface area contributed by atoms with Crippen molar-refractivity contribution in [1.29, 1.82) is 0 Å². The lowest BCUT2D eigenvalue weighted by Crippen LogP contribution is -2.37. The van der Waals surface area contributed by atoms with Gasteiger partial charge in [0.25, 0.3) is 0 Å². The Kier molecular flexibility index (Phi) is 5.87. The maximum absolute atomic E-state index is 5.24. The third-order valence-corrected chi connectivity index (χ3v) is 3.16. The molecule has 0 unspecified atom stereocenters. The molecule has 108 valence electrons. The fourth-order valence-corrected chi connectivity index (χ4v) is 2.01. The Balaban J connectivity index is 2.12. The number of hydrazone groups is 1. The number of thiocarbonyl (C=S) groups is 1. The summed E-state index contributed by atoms with van der Waals surface area (Å²) < 4.78 is 0. The molecule has 0 aromatic heterocycles. The summed E-state index contributed by atoms with van der Waals surface area (Å²) in [7, 11) is 0. The lowest BCUT2D eigenvalue weighted by atomic mass is 10.0. The Hall–Kier alpha value is -2.24. The van der Waals surface area contributed by atoms with E-state index in [1.54, 1.807) is 0 Å². The molecule has 21 heavy (non-hydrogen) atoms. The predicted octanol–water partition coefficient (Wildman–Crippen LogP) is 2.17. The third kappa shape index (κ3) is 5.33. The van der Waals surface area contributed by atoms with Gasteiger partial charge in [0.2, 0.25) is 5.11 Å². The second kappa shape index (κ2) is 8.14. The van der Waals surface area contributed by atoms with Crippen LogP contribution in [-0.2, 0) is 12.8 Å². The molecular formula is C16H18N4S. The Morgan fingerprint density at radius 3 is 1.81 bits per heavy atom. The van der Waals surface area contributed by atoms with E-state index < -0.39 is 0 Å². The van der Waals surface area contributed by atoms with Gasteiger partial charge in [0.1, 0.15) is 0 Å². The standard InChI is InChI=1S/C16H18N4S/c17-18-16(21)20-19-15(11-13-7-3-1-4-8-13)12-14-9-5-2-6-10-14/h1-10H,11-12,17H2,(H2,18,20,21). The van der Waals surface area contributed by atoms with Gasteiger partial charge >= 0.3 is 0 Å². The highest BCUT2D eigenvalue weighted by Crippen LogP contribution is 2.06. The van der Waals surface area contributed by atoms with E-state index in [9.17, 15) is 0 Å². The zero-order valence-corrected chi connectivity index (χ0v) is 12.4. The van der Waals surface area contributed by atoms with E-state index in [1.165, 1.54) is 11.1 Å². The smallest absolute Gasteiger partial charge is 0.201 e. The van der Waals surface area contributed by atoms with Crippen molar-refractivity contribution in [3.8, 4) is 0 Å². The van der Waals surface area contributed by atoms with E-state index in [4.69, 9.17) is 18.1 Å². The van der Waals surface area contributed by atoms with Crippen LogP contribution >= 0.6 is 12.2 Å². The molecule has 0 atom stereocenters. The van der Waals surface area contributed by atoms with E-state index >= 15 is 0 Å². The van der Waals surface area contributed by atoms with Crippen molar-refractivity contribution >= 4 is 23.0 Å². The molecule has 2 rings (SSSR count). The summed E-state index contributed by atoms with van der Waals surface area (Å²) in [5.41, 5.74) is 8.53. The van der Waals surface area contributed by atoms with Crippen LogP contribution in [0.1, 0.15) is 11.1 Å². The largest absolute Gasteiger partial charge is 0.300 e. The summed E-state index contributed by atoms with van der Waals surface area (Å²) in [6.07, 6.45) is 1.52. The summed E-state index contributed by atoms with van der Waals surface area (Å²) in [6.45, 7) is 0. The van der Waals surface area contributed by atoms with Crippen molar-refractivity contribution in [2.75, 3.05) is 0 Å². The van der Waals surface area contributed by atoms with Crippen molar-refractivity contribution in [3.63, 3.8) is 0 Å². The first-order valence-corrected chi connectivity index (χ1v) is 7.08. The lowest BCUT2D eigenvalue weighted by molar-refractivity contribution is 0.915. The highest BCUT2D eigenvalue weighted by molar-refractivity contribution is 7.80. The van der Waals surface area contributed by atoms with Gasteiger partial charge in [0.05, 0.1) is 0 Å². The normalized spacial score (nSPS) is 9.76. The zero-order chi connectivity index (χ0) is 14.9. The third-order valence-electron chi connectivity index (χ3n) is 2.95. The van der Waals surface area contributed by atoms with Gasteiger partial charge in [-0.3, -0.25) is 10.9 Å². The van der Waals surface area contributed by atoms with E-state index in [0.717, 1.165) is 18.6 Å². The first kappa shape index (κ1) is 15.2. The summed E-state index contributed by atoms with van der Waals surface area (Å²) in [5, 5.41) is 4.67. The Labute approximate surface area is 130 Å². The highest BCUT2D eigenvalue weighted by Gasteiger charge is 2.04. The number of hydrogen-bond acceptors (Lipinski definition) is 3. The van der Waals surface area contributed by atoms with E-state index in [1.807, 2.05) is 36.4 Å². The lowest BCUT2D eigenvalue weighted by Gasteiger charge is -2.09. The Morgan fingerprint density at radius 1 is 0.905 bits per heavy atom. The van der Waals surface area contributed by atoms with E-state index in [0.29, 0.717) is 5.11 Å². The van der Waals surface area contributed by atoms with Crippen LogP contribution < -0.4 is 16.7 Å². The van der Waals surface area contributed by atoms with Crippen LogP contribution in [0.25, 0.3) is 0 Å². The van der Waals surface area contributed by atoms with Gasteiger partial charge in [-0.2, -0.15) is 5.10 Å². The second-order valence-electron chi connectivity index (χ2n) is 4.59. The van der Waals surface area contributed by atoms with Crippen molar-refractivity contribution in [1.82, 2.24) is 10.9 Å². The van der Waals surface area contributed by atoms with Gasteiger partial charge in [-0.05, 0) is 23.3 Å². The second-order valence-corrected chi connectivity index (χ2v) is 5.00. The topological polar surface area (TPSA) is 62.4 Å². The first-order chi connectivity index (χ1) is 10.3. The molecule has 0 amide bonds. The molecule has 2 aromatic rings. The van der Waals surface area contributed by atoms with Crippen LogP contribution in [0.2, 0.25) is 0 Å². The van der Waals surface area contributed by atoms with Gasteiger partial charge in [-0.25, -0.2) is 5.84 Å². The van der Waals surface area contributed by atoms with Gasteiger partial charge in [-0.1, -0.05) is 60.7 Å². The highest BCUT2D eigenvalue weighted by atomic mass is 32.1. The summed E-state index contributed by atoms with van der Waals surface area (Å²) in [4.78, 5) is 0. The van der Waals surface area contributed by atoms with Gasteiger partial charge in [0, 0.05) is 18.6 Å². The summed E-state index contributed by atoms with van der Waals surface area (Å²) in [5.74, 6) is 5.24. The van der Waals surface area contributed by atoms with Gasteiger partial charge in [0.15, 0.2) is 0 Å². The number of benzene rings is 2. The maximum atomic E-state index is 5.24. The maximum Gasteiger partial charge on any atom is 0.201 e. The summed E-state index contributed by atoms with van der Waals surface area (Å²) in [6, 6.07) is 20.4. The molecule has 4 nitrogen and oxygen atoms in total. The van der Waals surface area contributed by atoms with Crippen molar-refractivity contribution < 1.29 is 0 Å². The number of nitrogens with two attached hydrogens (primary N) is 1. The SMILES string of the molecule is NNC(=S)NN=C(Cc1ccccc1)Cc1ccccc1. The molecule has 0 aliphatic heterocycles. The number of nitrogens with zero attached hydrogens (tertiary/aromatic N) is 1. The molecule has 0 saturated carbocycles. The van der Waals surface area contributed by atoms with Crippen molar-refractivity contribution in [2.24, 2.45) is 10.9 Å². The van der Waals surface area contributed by atoms with E-state index in [2.05, 4.69) is 40.2 Å². The molecule has 2 aromatic carbocycles. The fraction of sp³-hybridized carbons (Fsp3) is 0.125. The Morgan fingerprint density at radius 2 is 1.38 bits per heavy atom. The predicted molar refractivity (Wildman–Crippen MR) is 90.8 cm³/mol. The van der Waals surface area contributed by atoms with E-state index in [-0.39, 0.29) is 0 Å². The molecular weight excluding hydrogens is 280 g/mol. The van der Waals surface area contributed by atoms with Crippen LogP contribution in [-0.4, -0.2) is 10.8 Å². The Bertz CT molecular complexity index is 553. The monoisotopic (exact) mass is 298 g/mol. The molecule has 5 heteroatoms. The minimum Gasteiger partial charge on any atom is -0.300 e. The fourth-order valence-electron chi connectivity index (χ4n) is 1.97. The minimum atomic E-state index is 0.300. The van der Waals surface area contributed by atoms with Crippen molar-refractivity contribution in [2.45, 2.75) is 12.8 Å². The van der Waals surface area contributed by atoms with Crippen LogP contribution in [0.15, 0.2) is 65.8 Å². The molecule has 0 aliphatic carbocycles. The number of hydrogen-bond donors (Lipinski definition) is 3. The number of rotatable bonds is 5. The number of hydrazine groups is 1. The molecule has 0 saturated heterocycles. The van der Waals surface area contributed by atoms with Crippen LogP contribution in [0.4, 0.5) is 0 Å². The van der Waals surface area contributed by atoms with Crippen LogP contribution in [0.3, 0.4) is 0 Å². The average Bonchev–Trinajstić information content (AvgIpc) is 2.54. The number of nitrogens with one attached hydrogen (secondary N) is 2. The quantitative estimate of drug-likeness (QED) is 0.343. The molecule has 0 aliphatic rings. The molecule has 0 spiro atoms. The molecule has 0 radical (unpaired) electrons. The van der Waals surface area contributed by atoms with Crippen LogP contribution in [0, 0.1) is 0 Å². The first-order valence-electron chi connectivity index (χ1n) is 6.68. The molecule has 0 bridgehead atoms. The summed E-state index contributed by atoms with van der Waals surface area (Å²) >= 11 is 4.95. The molecule has 0 heterocycles. The minimum absolute atomic E-state index is 0.300. The van der Waals surface area contributed by atoms with Crippen LogP contribution in [0.5, 0.6) is 0 Å². The zero-order valence-electron chi connectivity index (χ0n) is 11.6. The molecule has 0 fully saturated rings. The van der Waals surface area contributed by atoms with Gasteiger partial charge in [-0.15, -0.1) is 0 Å².